The van der Waals surface area contributed by atoms with Gasteiger partial charge in [-0.2, -0.15) is 0 Å². The van der Waals surface area contributed by atoms with Gasteiger partial charge in [0.15, 0.2) is 6.73 Å². The summed E-state index contributed by atoms with van der Waals surface area (Å²) >= 11 is 0. The van der Waals surface area contributed by atoms with Gasteiger partial charge >= 0.3 is 0 Å². The van der Waals surface area contributed by atoms with E-state index >= 15 is 0 Å². The van der Waals surface area contributed by atoms with Crippen molar-refractivity contribution in [3.63, 3.8) is 0 Å². The van der Waals surface area contributed by atoms with E-state index < -0.39 is 0 Å². The van der Waals surface area contributed by atoms with Gasteiger partial charge in [-0.1, -0.05) is 19.8 Å². The van der Waals surface area contributed by atoms with Gasteiger partial charge in [0.2, 0.25) is 0 Å². The van der Waals surface area contributed by atoms with Gasteiger partial charge in [0, 0.05) is 0 Å². The highest BCUT2D eigenvalue weighted by Gasteiger charge is 2.29. The Hall–Kier alpha value is -0.0800. The van der Waals surface area contributed by atoms with Gasteiger partial charge < -0.3 is 9.22 Å². The molecule has 90 valence electrons. The molecular formula is C13H28NO+. The van der Waals surface area contributed by atoms with Crippen molar-refractivity contribution in [1.29, 1.82) is 0 Å². The number of hydrogen-bond donors (Lipinski definition) is 0. The van der Waals surface area contributed by atoms with E-state index in [1.54, 1.807) is 0 Å². The van der Waals surface area contributed by atoms with Crippen LogP contribution in [0.1, 0.15) is 51.9 Å². The number of unbranched alkanes of at least 4 members (excludes halogenated alkanes) is 1. The lowest BCUT2D eigenvalue weighted by Crippen LogP contribution is -2.51. The van der Waals surface area contributed by atoms with Crippen molar-refractivity contribution in [3.8, 4) is 0 Å². The minimum absolute atomic E-state index is 0.834. The zero-order valence-electron chi connectivity index (χ0n) is 10.8. The van der Waals surface area contributed by atoms with Gasteiger partial charge in [0.1, 0.15) is 0 Å². The fourth-order valence-corrected chi connectivity index (χ4v) is 2.43. The molecule has 0 heterocycles. The topological polar surface area (TPSA) is 9.23 Å². The summed E-state index contributed by atoms with van der Waals surface area (Å²) in [5.74, 6) is 0. The summed E-state index contributed by atoms with van der Waals surface area (Å²) in [7, 11) is 4.64. The van der Waals surface area contributed by atoms with Crippen molar-refractivity contribution in [2.75, 3.05) is 27.4 Å². The maximum absolute atomic E-state index is 5.76. The van der Waals surface area contributed by atoms with Gasteiger partial charge in [0.05, 0.1) is 26.7 Å². The van der Waals surface area contributed by atoms with Gasteiger partial charge in [-0.05, 0) is 32.1 Å². The second-order valence-corrected chi connectivity index (χ2v) is 5.46. The summed E-state index contributed by atoms with van der Waals surface area (Å²) in [6.45, 7) is 4.04. The first kappa shape index (κ1) is 13.0. The van der Waals surface area contributed by atoms with Crippen molar-refractivity contribution >= 4 is 0 Å². The van der Waals surface area contributed by atoms with E-state index in [4.69, 9.17) is 4.74 Å². The number of nitrogens with zero attached hydrogens (tertiary/aromatic N) is 1. The number of ether oxygens (including phenoxy) is 1. The molecule has 0 radical (unpaired) electrons. The molecule has 1 fully saturated rings. The van der Waals surface area contributed by atoms with E-state index in [2.05, 4.69) is 21.0 Å². The number of quaternary nitrogens is 1. The van der Waals surface area contributed by atoms with Crippen LogP contribution in [0.5, 0.6) is 0 Å². The van der Waals surface area contributed by atoms with Crippen LogP contribution in [0.3, 0.4) is 0 Å². The summed E-state index contributed by atoms with van der Waals surface area (Å²) in [5.41, 5.74) is 0. The molecule has 15 heavy (non-hydrogen) atoms. The van der Waals surface area contributed by atoms with E-state index in [0.717, 1.165) is 23.9 Å². The third-order valence-corrected chi connectivity index (χ3v) is 3.63. The van der Waals surface area contributed by atoms with E-state index in [1.807, 2.05) is 0 Å². The van der Waals surface area contributed by atoms with Gasteiger partial charge in [-0.15, -0.1) is 0 Å². The van der Waals surface area contributed by atoms with Crippen molar-refractivity contribution in [2.45, 2.75) is 57.9 Å². The van der Waals surface area contributed by atoms with Crippen molar-refractivity contribution in [1.82, 2.24) is 0 Å². The van der Waals surface area contributed by atoms with Crippen LogP contribution in [0, 0.1) is 0 Å². The maximum atomic E-state index is 5.76. The van der Waals surface area contributed by atoms with E-state index in [0.29, 0.717) is 0 Å². The van der Waals surface area contributed by atoms with Crippen molar-refractivity contribution in [3.05, 3.63) is 0 Å². The van der Waals surface area contributed by atoms with Crippen LogP contribution in [0.4, 0.5) is 0 Å². The quantitative estimate of drug-likeness (QED) is 0.375. The van der Waals surface area contributed by atoms with Crippen LogP contribution >= 0.6 is 0 Å². The molecule has 1 saturated carbocycles. The van der Waals surface area contributed by atoms with Gasteiger partial charge in [-0.3, -0.25) is 0 Å². The molecule has 2 nitrogen and oxygen atoms in total. The Morgan fingerprint density at radius 1 is 1.13 bits per heavy atom. The minimum Gasteiger partial charge on any atom is -0.332 e. The van der Waals surface area contributed by atoms with Gasteiger partial charge in [0.25, 0.3) is 0 Å². The van der Waals surface area contributed by atoms with Crippen molar-refractivity contribution < 1.29 is 9.22 Å². The summed E-state index contributed by atoms with van der Waals surface area (Å²) in [6.07, 6.45) is 9.49. The maximum Gasteiger partial charge on any atom is 0.182 e. The zero-order valence-corrected chi connectivity index (χ0v) is 10.8. The normalized spacial score (nSPS) is 19.4. The monoisotopic (exact) mass is 214 g/mol. The molecule has 0 amide bonds. The Morgan fingerprint density at radius 2 is 1.80 bits per heavy atom. The molecule has 1 aliphatic carbocycles. The largest absolute Gasteiger partial charge is 0.332 e. The fourth-order valence-electron chi connectivity index (χ4n) is 2.43. The Balaban J connectivity index is 2.23. The molecule has 0 aromatic heterocycles. The average Bonchev–Trinajstić information content (AvgIpc) is 2.26. The molecule has 0 aromatic carbocycles. The van der Waals surface area contributed by atoms with Crippen molar-refractivity contribution in [2.24, 2.45) is 0 Å². The van der Waals surface area contributed by atoms with E-state index in [1.165, 1.54) is 44.9 Å². The highest BCUT2D eigenvalue weighted by Crippen LogP contribution is 2.25. The summed E-state index contributed by atoms with van der Waals surface area (Å²) in [6, 6.07) is 0.834. The lowest BCUT2D eigenvalue weighted by Gasteiger charge is -2.39. The minimum atomic E-state index is 0.834. The molecule has 0 aliphatic heterocycles. The summed E-state index contributed by atoms with van der Waals surface area (Å²) in [5, 5.41) is 0. The van der Waals surface area contributed by atoms with Crippen LogP contribution in [-0.4, -0.2) is 38.0 Å². The van der Waals surface area contributed by atoms with Crippen LogP contribution in [0.2, 0.25) is 0 Å². The Kier molecular flexibility index (Phi) is 5.62. The van der Waals surface area contributed by atoms with Crippen LogP contribution in [-0.2, 0) is 4.74 Å². The molecule has 0 atom stereocenters. The lowest BCUT2D eigenvalue weighted by atomic mass is 9.93. The molecule has 0 N–H and O–H groups in total. The summed E-state index contributed by atoms with van der Waals surface area (Å²) in [4.78, 5) is 0. The second-order valence-electron chi connectivity index (χ2n) is 5.46. The highest BCUT2D eigenvalue weighted by molar-refractivity contribution is 4.65. The van der Waals surface area contributed by atoms with Crippen LogP contribution < -0.4 is 0 Å². The van der Waals surface area contributed by atoms with Gasteiger partial charge in [-0.25, -0.2) is 0 Å². The average molecular weight is 214 g/mol. The van der Waals surface area contributed by atoms with Crippen LogP contribution in [0.25, 0.3) is 0 Å². The first-order chi connectivity index (χ1) is 7.17. The predicted octanol–water partition coefficient (Wildman–Crippen LogP) is 3.17. The Bertz CT molecular complexity index is 162. The zero-order chi connectivity index (χ0) is 11.1. The molecule has 1 aliphatic rings. The predicted molar refractivity (Wildman–Crippen MR) is 64.7 cm³/mol. The highest BCUT2D eigenvalue weighted by atomic mass is 16.5. The molecule has 0 saturated heterocycles. The molecule has 0 unspecified atom stereocenters. The molecular weight excluding hydrogens is 186 g/mol. The second kappa shape index (κ2) is 6.49. The lowest BCUT2D eigenvalue weighted by molar-refractivity contribution is -0.934. The Labute approximate surface area is 95.2 Å². The van der Waals surface area contributed by atoms with E-state index in [9.17, 15) is 0 Å². The molecule has 0 spiro atoms. The molecule has 0 bridgehead atoms. The van der Waals surface area contributed by atoms with Crippen LogP contribution in [0.15, 0.2) is 0 Å². The number of hydrogen-bond acceptors (Lipinski definition) is 1. The SMILES string of the molecule is CCCCOC[N+](C)(C)C1CCCCC1. The first-order valence-corrected chi connectivity index (χ1v) is 6.57. The Morgan fingerprint density at radius 3 is 2.40 bits per heavy atom. The standard InChI is InChI=1S/C13H28NO/c1-4-5-11-15-12-14(2,3)13-9-7-6-8-10-13/h13H,4-12H2,1-3H3/q+1. The third-order valence-electron chi connectivity index (χ3n) is 3.63. The molecule has 2 heteroatoms. The smallest absolute Gasteiger partial charge is 0.182 e. The summed E-state index contributed by atoms with van der Waals surface area (Å²) < 4.78 is 6.82. The molecule has 0 aromatic rings. The first-order valence-electron chi connectivity index (χ1n) is 6.57. The van der Waals surface area contributed by atoms with E-state index in [-0.39, 0.29) is 0 Å². The molecule has 1 rings (SSSR count). The fraction of sp³-hybridized carbons (Fsp3) is 1.00. The third kappa shape index (κ3) is 4.52. The number of rotatable bonds is 6.